The molecule has 29 heavy (non-hydrogen) atoms. The van der Waals surface area contributed by atoms with Crippen LogP contribution in [0, 0.1) is 0 Å². The van der Waals surface area contributed by atoms with Gasteiger partial charge in [0.15, 0.2) is 11.4 Å². The van der Waals surface area contributed by atoms with Gasteiger partial charge in [-0.25, -0.2) is 4.79 Å². The first-order valence-electron chi connectivity index (χ1n) is 8.90. The number of fused-ring (bicyclic) bond motifs is 6. The molecule has 0 saturated heterocycles. The molecule has 2 aliphatic rings. The van der Waals surface area contributed by atoms with Crippen molar-refractivity contribution in [1.29, 1.82) is 0 Å². The second-order valence-electron chi connectivity index (χ2n) is 6.81. The quantitative estimate of drug-likeness (QED) is 0.553. The third-order valence-corrected chi connectivity index (χ3v) is 5.30. The average molecular weight is 389 g/mol. The number of aromatic hydroxyl groups is 2. The van der Waals surface area contributed by atoms with E-state index >= 15 is 0 Å². The Balaban J connectivity index is 1.92. The van der Waals surface area contributed by atoms with E-state index in [1.807, 2.05) is 0 Å². The summed E-state index contributed by atoms with van der Waals surface area (Å²) in [5.74, 6) is -1.12. The predicted octanol–water partition coefficient (Wildman–Crippen LogP) is 3.03. The number of benzene rings is 3. The molecule has 0 radical (unpaired) electrons. The van der Waals surface area contributed by atoms with Gasteiger partial charge < -0.3 is 25.0 Å². The van der Waals surface area contributed by atoms with Crippen LogP contribution in [0.5, 0.6) is 23.0 Å². The molecule has 2 heterocycles. The summed E-state index contributed by atoms with van der Waals surface area (Å²) >= 11 is 0. The monoisotopic (exact) mass is 389 g/mol. The fourth-order valence-electron chi connectivity index (χ4n) is 4.06. The van der Waals surface area contributed by atoms with E-state index < -0.39 is 17.5 Å². The van der Waals surface area contributed by atoms with Crippen molar-refractivity contribution in [2.75, 3.05) is 7.05 Å². The van der Waals surface area contributed by atoms with Gasteiger partial charge in [0, 0.05) is 29.8 Å². The molecule has 7 heteroatoms. The lowest BCUT2D eigenvalue weighted by molar-refractivity contribution is 0.0224. The SMILES string of the molecule is CNC(=O)c1c(O)ccc2c1Oc1cc(O)ccc1C21OC(=O)c2ccccc21. The zero-order valence-electron chi connectivity index (χ0n) is 15.2. The second kappa shape index (κ2) is 5.75. The van der Waals surface area contributed by atoms with Crippen LogP contribution in [0.2, 0.25) is 0 Å². The maximum atomic E-state index is 12.7. The largest absolute Gasteiger partial charge is 0.508 e. The van der Waals surface area contributed by atoms with Crippen molar-refractivity contribution in [3.8, 4) is 23.0 Å². The van der Waals surface area contributed by atoms with Crippen molar-refractivity contribution >= 4 is 11.9 Å². The van der Waals surface area contributed by atoms with Crippen LogP contribution < -0.4 is 10.1 Å². The van der Waals surface area contributed by atoms with Crippen molar-refractivity contribution in [2.45, 2.75) is 5.60 Å². The molecule has 1 unspecified atom stereocenters. The maximum absolute atomic E-state index is 12.7. The van der Waals surface area contributed by atoms with Crippen LogP contribution in [0.15, 0.2) is 54.6 Å². The highest BCUT2D eigenvalue weighted by Crippen LogP contribution is 2.57. The average Bonchev–Trinajstić information content (AvgIpc) is 3.01. The molecule has 0 bridgehead atoms. The summed E-state index contributed by atoms with van der Waals surface area (Å²) in [4.78, 5) is 25.2. The first-order chi connectivity index (χ1) is 14.0. The zero-order chi connectivity index (χ0) is 20.3. The molecule has 7 nitrogen and oxygen atoms in total. The standard InChI is InChI=1S/C22H15NO6/c1-23-20(26)18-16(25)9-8-15-19(18)28-17-10-11(24)6-7-14(17)22(15)13-5-3-2-4-12(13)21(27)29-22/h2-10,24-25H,1H3,(H,23,26). The van der Waals surface area contributed by atoms with Gasteiger partial charge in [0.05, 0.1) is 5.56 Å². The fourth-order valence-corrected chi connectivity index (χ4v) is 4.06. The topological polar surface area (TPSA) is 105 Å². The molecule has 0 aliphatic carbocycles. The van der Waals surface area contributed by atoms with E-state index in [9.17, 15) is 19.8 Å². The minimum Gasteiger partial charge on any atom is -0.508 e. The summed E-state index contributed by atoms with van der Waals surface area (Å²) in [6.45, 7) is 0. The number of rotatable bonds is 1. The van der Waals surface area contributed by atoms with Gasteiger partial charge in [-0.05, 0) is 30.3 Å². The third-order valence-electron chi connectivity index (χ3n) is 5.30. The zero-order valence-corrected chi connectivity index (χ0v) is 15.2. The number of phenols is 2. The van der Waals surface area contributed by atoms with E-state index in [0.717, 1.165) is 0 Å². The van der Waals surface area contributed by atoms with Gasteiger partial charge in [0.25, 0.3) is 5.91 Å². The van der Waals surface area contributed by atoms with Gasteiger partial charge in [-0.2, -0.15) is 0 Å². The Morgan fingerprint density at radius 3 is 2.55 bits per heavy atom. The molecule has 2 aliphatic heterocycles. The molecule has 144 valence electrons. The van der Waals surface area contributed by atoms with Crippen LogP contribution >= 0.6 is 0 Å². The van der Waals surface area contributed by atoms with Crippen molar-refractivity contribution in [3.05, 3.63) is 82.4 Å². The Kier molecular flexibility index (Phi) is 3.39. The molecule has 1 amide bonds. The maximum Gasteiger partial charge on any atom is 0.340 e. The van der Waals surface area contributed by atoms with Gasteiger partial charge in [-0.3, -0.25) is 4.79 Å². The van der Waals surface area contributed by atoms with Gasteiger partial charge >= 0.3 is 5.97 Å². The molecule has 1 atom stereocenters. The third kappa shape index (κ3) is 2.12. The summed E-state index contributed by atoms with van der Waals surface area (Å²) in [6.07, 6.45) is 0. The van der Waals surface area contributed by atoms with E-state index in [-0.39, 0.29) is 28.6 Å². The van der Waals surface area contributed by atoms with E-state index in [0.29, 0.717) is 22.3 Å². The summed E-state index contributed by atoms with van der Waals surface area (Å²) in [5, 5.41) is 22.8. The molecule has 0 aromatic heterocycles. The first kappa shape index (κ1) is 17.1. The lowest BCUT2D eigenvalue weighted by Gasteiger charge is -2.37. The lowest BCUT2D eigenvalue weighted by atomic mass is 9.77. The smallest absolute Gasteiger partial charge is 0.340 e. The summed E-state index contributed by atoms with van der Waals surface area (Å²) in [7, 11) is 1.43. The number of carbonyl (C=O) groups is 2. The molecule has 3 aromatic carbocycles. The van der Waals surface area contributed by atoms with E-state index in [1.165, 1.54) is 25.2 Å². The molecular weight excluding hydrogens is 374 g/mol. The normalized spacial score (nSPS) is 18.3. The molecular formula is C22H15NO6. The van der Waals surface area contributed by atoms with E-state index in [1.54, 1.807) is 36.4 Å². The Labute approximate surface area is 165 Å². The highest BCUT2D eigenvalue weighted by molar-refractivity contribution is 6.02. The van der Waals surface area contributed by atoms with Gasteiger partial charge in [0.1, 0.15) is 22.8 Å². The summed E-state index contributed by atoms with van der Waals surface area (Å²) < 4.78 is 11.9. The Bertz CT molecular complexity index is 1220. The summed E-state index contributed by atoms with van der Waals surface area (Å²) in [6, 6.07) is 14.4. The Morgan fingerprint density at radius 1 is 1.00 bits per heavy atom. The second-order valence-corrected chi connectivity index (χ2v) is 6.81. The van der Waals surface area contributed by atoms with Crippen LogP contribution in [0.4, 0.5) is 0 Å². The Morgan fingerprint density at radius 2 is 1.76 bits per heavy atom. The lowest BCUT2D eigenvalue weighted by Crippen LogP contribution is -2.34. The van der Waals surface area contributed by atoms with Crippen molar-refractivity contribution in [1.82, 2.24) is 5.32 Å². The number of esters is 1. The van der Waals surface area contributed by atoms with Crippen LogP contribution in [-0.2, 0) is 10.3 Å². The number of nitrogens with one attached hydrogen (secondary N) is 1. The number of amides is 1. The van der Waals surface area contributed by atoms with Crippen molar-refractivity contribution in [3.63, 3.8) is 0 Å². The number of carbonyl (C=O) groups excluding carboxylic acids is 2. The number of phenolic OH excluding ortho intramolecular Hbond substituents is 2. The molecule has 5 rings (SSSR count). The predicted molar refractivity (Wildman–Crippen MR) is 101 cm³/mol. The van der Waals surface area contributed by atoms with E-state index in [2.05, 4.69) is 5.32 Å². The van der Waals surface area contributed by atoms with Crippen molar-refractivity contribution < 1.29 is 29.3 Å². The number of hydrogen-bond donors (Lipinski definition) is 3. The minimum atomic E-state index is -1.37. The van der Waals surface area contributed by atoms with Gasteiger partial charge in [-0.15, -0.1) is 0 Å². The van der Waals surface area contributed by atoms with Gasteiger partial charge in [0.2, 0.25) is 0 Å². The summed E-state index contributed by atoms with van der Waals surface area (Å²) in [5.41, 5.74) is 0.448. The molecule has 0 saturated carbocycles. The van der Waals surface area contributed by atoms with Gasteiger partial charge in [-0.1, -0.05) is 18.2 Å². The highest BCUT2D eigenvalue weighted by atomic mass is 16.6. The molecule has 0 fully saturated rings. The van der Waals surface area contributed by atoms with Crippen LogP contribution in [0.3, 0.4) is 0 Å². The minimum absolute atomic E-state index is 0.0541. The molecule has 3 aromatic rings. The van der Waals surface area contributed by atoms with Crippen molar-refractivity contribution in [2.24, 2.45) is 0 Å². The van der Waals surface area contributed by atoms with Crippen LogP contribution in [-0.4, -0.2) is 29.1 Å². The number of ether oxygens (including phenoxy) is 2. The highest BCUT2D eigenvalue weighted by Gasteiger charge is 2.54. The molecule has 3 N–H and O–H groups in total. The van der Waals surface area contributed by atoms with Crippen LogP contribution in [0.1, 0.15) is 37.4 Å². The first-order valence-corrected chi connectivity index (χ1v) is 8.90. The number of hydrogen-bond acceptors (Lipinski definition) is 6. The fraction of sp³-hybridized carbons (Fsp3) is 0.0909. The Hall–Kier alpha value is -4.00. The van der Waals surface area contributed by atoms with Crippen LogP contribution in [0.25, 0.3) is 0 Å². The molecule has 1 spiro atoms. The van der Waals surface area contributed by atoms with E-state index in [4.69, 9.17) is 9.47 Å².